The van der Waals surface area contributed by atoms with E-state index in [1.165, 1.54) is 48.5 Å². The van der Waals surface area contributed by atoms with Crippen LogP contribution in [0.2, 0.25) is 0 Å². The van der Waals surface area contributed by atoms with Crippen molar-refractivity contribution in [2.45, 2.75) is 16.7 Å². The van der Waals surface area contributed by atoms with E-state index < -0.39 is 26.0 Å². The molecule has 0 saturated carbocycles. The fourth-order valence-electron chi connectivity index (χ4n) is 2.08. The lowest BCUT2D eigenvalue weighted by atomic mass is 10.2. The lowest BCUT2D eigenvalue weighted by Crippen LogP contribution is -2.32. The summed E-state index contributed by atoms with van der Waals surface area (Å²) in [5.74, 6) is -1.05. The first-order chi connectivity index (χ1) is 10.7. The average Bonchev–Trinajstić information content (AvgIpc) is 2.69. The first-order valence-corrected chi connectivity index (χ1v) is 9.28. The lowest BCUT2D eigenvalue weighted by molar-refractivity contribution is 0.0323. The molecular formula is C14H11NO6S2. The first-order valence-electron chi connectivity index (χ1n) is 6.43. The minimum Gasteiger partial charge on any atom is -0.265 e. The Hall–Kier alpha value is -2.23. The van der Waals surface area contributed by atoms with Crippen LogP contribution in [0.15, 0.2) is 58.3 Å². The molecule has 0 fully saturated rings. The average molecular weight is 353 g/mol. The van der Waals surface area contributed by atoms with Gasteiger partial charge >= 0.3 is 10.1 Å². The van der Waals surface area contributed by atoms with Gasteiger partial charge in [0.2, 0.25) is 0 Å². The zero-order valence-corrected chi connectivity index (χ0v) is 13.5. The molecule has 0 aliphatic carbocycles. The third-order valence-corrected chi connectivity index (χ3v) is 6.13. The maximum atomic E-state index is 12.3. The van der Waals surface area contributed by atoms with Gasteiger partial charge in [0, 0.05) is 0 Å². The molecule has 0 radical (unpaired) electrons. The van der Waals surface area contributed by atoms with Crippen LogP contribution in [0.4, 0.5) is 0 Å². The highest BCUT2D eigenvalue weighted by atomic mass is 32.2. The molecule has 0 atom stereocenters. The molecule has 9 heteroatoms. The molecule has 23 heavy (non-hydrogen) atoms. The predicted molar refractivity (Wildman–Crippen MR) is 79.2 cm³/mol. The van der Waals surface area contributed by atoms with E-state index in [0.29, 0.717) is 0 Å². The molecule has 0 unspecified atom stereocenters. The second-order valence-electron chi connectivity index (χ2n) is 4.88. The molecular weight excluding hydrogens is 342 g/mol. The van der Waals surface area contributed by atoms with Crippen LogP contribution in [-0.2, 0) is 24.4 Å². The normalized spacial score (nSPS) is 16.4. The van der Waals surface area contributed by atoms with Crippen LogP contribution in [-0.4, -0.2) is 27.2 Å². The third-order valence-electron chi connectivity index (χ3n) is 3.25. The molecule has 0 saturated heterocycles. The number of aryl methyl sites for hydroxylation is 1. The summed E-state index contributed by atoms with van der Waals surface area (Å²) in [6.07, 6.45) is 0. The van der Waals surface area contributed by atoms with Gasteiger partial charge in [0.15, 0.2) is 0 Å². The molecule has 7 nitrogen and oxygen atoms in total. The quantitative estimate of drug-likeness (QED) is 0.828. The number of nitrogens with zero attached hydrogens (tertiary/aromatic N) is 1. The van der Waals surface area contributed by atoms with Crippen LogP contribution in [0.3, 0.4) is 0 Å². The number of rotatable bonds is 3. The number of hydrogen-bond donors (Lipinski definition) is 0. The van der Waals surface area contributed by atoms with Gasteiger partial charge in [-0.1, -0.05) is 34.3 Å². The van der Waals surface area contributed by atoms with E-state index >= 15 is 0 Å². The lowest BCUT2D eigenvalue weighted by Gasteiger charge is -2.14. The van der Waals surface area contributed by atoms with Crippen molar-refractivity contribution in [3.8, 4) is 0 Å². The van der Waals surface area contributed by atoms with Gasteiger partial charge in [-0.2, -0.15) is 16.8 Å². The SMILES string of the molecule is Cc1ccc(S(=O)(=O)ON2C(=O)c3ccccc3S2(=O)=O)cc1. The summed E-state index contributed by atoms with van der Waals surface area (Å²) in [6, 6.07) is 11.0. The van der Waals surface area contributed by atoms with Crippen molar-refractivity contribution in [1.29, 1.82) is 0 Å². The zero-order valence-electron chi connectivity index (χ0n) is 11.8. The molecule has 1 aliphatic rings. The first kappa shape index (κ1) is 15.7. The highest BCUT2D eigenvalue weighted by molar-refractivity contribution is 7.91. The Balaban J connectivity index is 2.01. The van der Waals surface area contributed by atoms with Crippen LogP contribution < -0.4 is 0 Å². The summed E-state index contributed by atoms with van der Waals surface area (Å²) in [4.78, 5) is 11.6. The van der Waals surface area contributed by atoms with E-state index in [2.05, 4.69) is 4.28 Å². The number of fused-ring (bicyclic) bond motifs is 1. The molecule has 1 aliphatic heterocycles. The van der Waals surface area contributed by atoms with Crippen LogP contribution in [0, 0.1) is 6.92 Å². The fraction of sp³-hybridized carbons (Fsp3) is 0.0714. The zero-order chi connectivity index (χ0) is 16.8. The van der Waals surface area contributed by atoms with E-state index in [4.69, 9.17) is 0 Å². The summed E-state index contributed by atoms with van der Waals surface area (Å²) in [7, 11) is -8.82. The van der Waals surface area contributed by atoms with Crippen molar-refractivity contribution in [3.63, 3.8) is 0 Å². The molecule has 1 heterocycles. The number of amides is 1. The largest absolute Gasteiger partial charge is 0.318 e. The standard InChI is InChI=1S/C14H11NO6S2/c1-10-6-8-11(9-7-10)23(19,20)21-15-14(16)12-4-2-3-5-13(12)22(15,17)18/h2-9H,1H3. The van der Waals surface area contributed by atoms with Gasteiger partial charge in [0.05, 0.1) is 10.5 Å². The maximum absolute atomic E-state index is 12.3. The van der Waals surface area contributed by atoms with Crippen LogP contribution in [0.1, 0.15) is 15.9 Å². The van der Waals surface area contributed by atoms with Crippen LogP contribution in [0.5, 0.6) is 0 Å². The van der Waals surface area contributed by atoms with Gasteiger partial charge in [-0.25, -0.2) is 0 Å². The molecule has 0 bridgehead atoms. The molecule has 2 aromatic carbocycles. The van der Waals surface area contributed by atoms with Gasteiger partial charge in [-0.05, 0) is 31.2 Å². The number of carbonyl (C=O) groups excluding carboxylic acids is 1. The number of benzene rings is 2. The number of sulfonamides is 1. The van der Waals surface area contributed by atoms with Crippen molar-refractivity contribution in [3.05, 3.63) is 59.7 Å². The predicted octanol–water partition coefficient (Wildman–Crippen LogP) is 1.46. The highest BCUT2D eigenvalue weighted by Gasteiger charge is 2.45. The highest BCUT2D eigenvalue weighted by Crippen LogP contribution is 2.31. The van der Waals surface area contributed by atoms with E-state index in [9.17, 15) is 21.6 Å². The molecule has 120 valence electrons. The maximum Gasteiger partial charge on any atom is 0.318 e. The summed E-state index contributed by atoms with van der Waals surface area (Å²) >= 11 is 0. The molecule has 0 N–H and O–H groups in total. The van der Waals surface area contributed by atoms with Gasteiger partial charge in [0.25, 0.3) is 15.9 Å². The monoisotopic (exact) mass is 353 g/mol. The molecule has 2 aromatic rings. The Bertz CT molecular complexity index is 994. The molecule has 1 amide bonds. The van der Waals surface area contributed by atoms with Crippen molar-refractivity contribution >= 4 is 26.0 Å². The fourth-order valence-corrected chi connectivity index (χ4v) is 4.62. The molecule has 0 aromatic heterocycles. The van der Waals surface area contributed by atoms with Crippen LogP contribution in [0.25, 0.3) is 0 Å². The van der Waals surface area contributed by atoms with Gasteiger partial charge in [-0.15, -0.1) is 4.28 Å². The number of carbonyl (C=O) groups is 1. The van der Waals surface area contributed by atoms with E-state index in [1.807, 2.05) is 0 Å². The van der Waals surface area contributed by atoms with Gasteiger partial charge in [0.1, 0.15) is 4.90 Å². The van der Waals surface area contributed by atoms with E-state index in [-0.39, 0.29) is 19.8 Å². The van der Waals surface area contributed by atoms with Crippen molar-refractivity contribution in [2.75, 3.05) is 0 Å². The number of hydroxylamine groups is 1. The Morgan fingerprint density at radius 2 is 1.61 bits per heavy atom. The molecule has 0 spiro atoms. The van der Waals surface area contributed by atoms with E-state index in [0.717, 1.165) is 5.56 Å². The molecule has 3 rings (SSSR count). The van der Waals surface area contributed by atoms with Crippen LogP contribution >= 0.6 is 0 Å². The van der Waals surface area contributed by atoms with Crippen molar-refractivity contribution in [1.82, 2.24) is 4.47 Å². The minimum atomic E-state index is -4.46. The summed E-state index contributed by atoms with van der Waals surface area (Å²) in [5, 5.41) is 0. The van der Waals surface area contributed by atoms with Gasteiger partial charge < -0.3 is 0 Å². The minimum absolute atomic E-state index is 0.0904. The van der Waals surface area contributed by atoms with Gasteiger partial charge in [-0.3, -0.25) is 4.79 Å². The van der Waals surface area contributed by atoms with Crippen molar-refractivity contribution in [2.24, 2.45) is 0 Å². The third kappa shape index (κ3) is 2.52. The summed E-state index contributed by atoms with van der Waals surface area (Å²) in [5.41, 5.74) is 0.688. The summed E-state index contributed by atoms with van der Waals surface area (Å²) in [6.45, 7) is 1.77. The Labute approximate surface area is 133 Å². The smallest absolute Gasteiger partial charge is 0.265 e. The van der Waals surface area contributed by atoms with E-state index in [1.54, 1.807) is 6.92 Å². The second kappa shape index (κ2) is 5.15. The Kier molecular flexibility index (Phi) is 3.51. The second-order valence-corrected chi connectivity index (χ2v) is 8.13. The Morgan fingerprint density at radius 1 is 1.00 bits per heavy atom. The topological polar surface area (TPSA) is 97.8 Å². The number of hydrogen-bond acceptors (Lipinski definition) is 6. The Morgan fingerprint density at radius 3 is 2.22 bits per heavy atom. The summed E-state index contributed by atoms with van der Waals surface area (Å²) < 4.78 is 53.5. The van der Waals surface area contributed by atoms with Crippen molar-refractivity contribution < 1.29 is 25.9 Å².